The zero-order valence-electron chi connectivity index (χ0n) is 11.3. The van der Waals surface area contributed by atoms with E-state index in [1.165, 1.54) is 11.1 Å². The summed E-state index contributed by atoms with van der Waals surface area (Å²) in [6, 6.07) is 16.2. The molecule has 0 spiro atoms. The van der Waals surface area contributed by atoms with Gasteiger partial charge in [0.05, 0.1) is 13.2 Å². The van der Waals surface area contributed by atoms with Crippen molar-refractivity contribution in [1.82, 2.24) is 0 Å². The Kier molecular flexibility index (Phi) is 4.99. The lowest BCUT2D eigenvalue weighted by Gasteiger charge is -2.07. The topological polar surface area (TPSA) is 29.5 Å². The van der Waals surface area contributed by atoms with Gasteiger partial charge >= 0.3 is 0 Å². The molecule has 100 valence electrons. The normalized spacial score (nSPS) is 10.4. The van der Waals surface area contributed by atoms with Crippen LogP contribution >= 0.6 is 0 Å². The Morgan fingerprint density at radius 3 is 2.47 bits per heavy atom. The van der Waals surface area contributed by atoms with E-state index >= 15 is 0 Å². The maximum atomic E-state index is 8.95. The van der Waals surface area contributed by atoms with E-state index in [9.17, 15) is 0 Å². The fraction of sp³-hybridized carbons (Fsp3) is 0.294. The van der Waals surface area contributed by atoms with Crippen molar-refractivity contribution >= 4 is 0 Å². The summed E-state index contributed by atoms with van der Waals surface area (Å²) in [7, 11) is 0. The Balaban J connectivity index is 1.74. The molecule has 0 aliphatic heterocycles. The van der Waals surface area contributed by atoms with E-state index in [1.807, 2.05) is 24.3 Å². The number of ether oxygens (including phenoxy) is 1. The number of aliphatic hydroxyl groups excluding tert-OH is 1. The van der Waals surface area contributed by atoms with Gasteiger partial charge in [-0.3, -0.25) is 0 Å². The lowest BCUT2D eigenvalue weighted by Crippen LogP contribution is -1.99. The predicted octanol–water partition coefficient (Wildman–Crippen LogP) is 3.50. The number of aryl methyl sites for hydroxylation is 2. The fourth-order valence-corrected chi connectivity index (χ4v) is 2.03. The molecule has 2 aromatic carbocycles. The molecule has 0 aliphatic carbocycles. The molecule has 0 saturated heterocycles. The number of aliphatic hydroxyl groups is 1. The van der Waals surface area contributed by atoms with Crippen molar-refractivity contribution in [3.8, 4) is 5.75 Å². The van der Waals surface area contributed by atoms with E-state index in [1.54, 1.807) is 0 Å². The summed E-state index contributed by atoms with van der Waals surface area (Å²) in [6.45, 7) is 2.91. The van der Waals surface area contributed by atoms with Crippen molar-refractivity contribution in [3.63, 3.8) is 0 Å². The molecule has 2 heteroatoms. The maximum absolute atomic E-state index is 8.95. The molecule has 0 bridgehead atoms. The van der Waals surface area contributed by atoms with Crippen LogP contribution in [0.4, 0.5) is 0 Å². The number of hydrogen-bond acceptors (Lipinski definition) is 2. The van der Waals surface area contributed by atoms with Crippen molar-refractivity contribution in [2.75, 3.05) is 6.61 Å². The van der Waals surface area contributed by atoms with Crippen molar-refractivity contribution in [3.05, 3.63) is 65.2 Å². The van der Waals surface area contributed by atoms with E-state index < -0.39 is 0 Å². The molecule has 0 fully saturated rings. The molecule has 0 amide bonds. The van der Waals surface area contributed by atoms with Crippen LogP contribution in [0.1, 0.15) is 23.1 Å². The Morgan fingerprint density at radius 1 is 1.00 bits per heavy atom. The molecule has 2 rings (SSSR count). The second-order valence-electron chi connectivity index (χ2n) is 4.74. The van der Waals surface area contributed by atoms with Gasteiger partial charge in [-0.1, -0.05) is 42.0 Å². The maximum Gasteiger partial charge on any atom is 0.119 e. The summed E-state index contributed by atoms with van der Waals surface area (Å²) < 4.78 is 5.68. The third-order valence-corrected chi connectivity index (χ3v) is 3.07. The van der Waals surface area contributed by atoms with Crippen LogP contribution in [0.15, 0.2) is 48.5 Å². The van der Waals surface area contributed by atoms with Gasteiger partial charge in [0.25, 0.3) is 0 Å². The van der Waals surface area contributed by atoms with Gasteiger partial charge in [0.1, 0.15) is 5.75 Å². The van der Waals surface area contributed by atoms with E-state index in [2.05, 4.69) is 31.2 Å². The van der Waals surface area contributed by atoms with Crippen molar-refractivity contribution in [1.29, 1.82) is 0 Å². The molecule has 0 aromatic heterocycles. The highest BCUT2D eigenvalue weighted by atomic mass is 16.5. The van der Waals surface area contributed by atoms with E-state index in [-0.39, 0.29) is 6.61 Å². The van der Waals surface area contributed by atoms with Crippen LogP contribution < -0.4 is 4.74 Å². The van der Waals surface area contributed by atoms with Crippen LogP contribution in [0.2, 0.25) is 0 Å². The van der Waals surface area contributed by atoms with Gasteiger partial charge in [-0.05, 0) is 43.0 Å². The van der Waals surface area contributed by atoms with Crippen molar-refractivity contribution in [2.24, 2.45) is 0 Å². The fourth-order valence-electron chi connectivity index (χ4n) is 2.03. The molecular formula is C17H20O2. The Bertz CT molecular complexity index is 503. The minimum Gasteiger partial charge on any atom is -0.494 e. The molecule has 0 heterocycles. The number of hydrogen-bond donors (Lipinski definition) is 1. The van der Waals surface area contributed by atoms with Crippen molar-refractivity contribution in [2.45, 2.75) is 26.4 Å². The highest BCUT2D eigenvalue weighted by molar-refractivity contribution is 5.27. The second kappa shape index (κ2) is 6.95. The van der Waals surface area contributed by atoms with Crippen LogP contribution in [-0.4, -0.2) is 11.7 Å². The zero-order chi connectivity index (χ0) is 13.5. The summed E-state index contributed by atoms with van der Waals surface area (Å²) >= 11 is 0. The zero-order valence-corrected chi connectivity index (χ0v) is 11.3. The van der Waals surface area contributed by atoms with Gasteiger partial charge in [0.2, 0.25) is 0 Å². The first-order valence-corrected chi connectivity index (χ1v) is 6.66. The quantitative estimate of drug-likeness (QED) is 0.802. The van der Waals surface area contributed by atoms with Gasteiger partial charge < -0.3 is 9.84 Å². The lowest BCUT2D eigenvalue weighted by molar-refractivity contribution is 0.281. The summed E-state index contributed by atoms with van der Waals surface area (Å²) in [5.41, 5.74) is 3.57. The Labute approximate surface area is 114 Å². The first kappa shape index (κ1) is 13.6. The van der Waals surface area contributed by atoms with Gasteiger partial charge in [-0.25, -0.2) is 0 Å². The predicted molar refractivity (Wildman–Crippen MR) is 77.4 cm³/mol. The molecule has 2 nitrogen and oxygen atoms in total. The van der Waals surface area contributed by atoms with Crippen LogP contribution in [0.5, 0.6) is 5.75 Å². The lowest BCUT2D eigenvalue weighted by atomic mass is 10.1. The SMILES string of the molecule is Cc1cccc(CCCOc2ccc(CO)cc2)c1. The molecule has 2 aromatic rings. The molecule has 19 heavy (non-hydrogen) atoms. The summed E-state index contributed by atoms with van der Waals surface area (Å²) in [5, 5.41) is 8.95. The first-order chi connectivity index (χ1) is 9.28. The van der Waals surface area contributed by atoms with Gasteiger partial charge in [0, 0.05) is 0 Å². The smallest absolute Gasteiger partial charge is 0.119 e. The molecule has 0 saturated carbocycles. The van der Waals surface area contributed by atoms with Gasteiger partial charge in [-0.15, -0.1) is 0 Å². The highest BCUT2D eigenvalue weighted by Crippen LogP contribution is 2.13. The molecule has 1 N–H and O–H groups in total. The van der Waals surface area contributed by atoms with Gasteiger partial charge in [-0.2, -0.15) is 0 Å². The minimum absolute atomic E-state index is 0.0770. The monoisotopic (exact) mass is 256 g/mol. The Morgan fingerprint density at radius 2 is 1.79 bits per heavy atom. The second-order valence-corrected chi connectivity index (χ2v) is 4.74. The van der Waals surface area contributed by atoms with Crippen molar-refractivity contribution < 1.29 is 9.84 Å². The molecular weight excluding hydrogens is 236 g/mol. The van der Waals surface area contributed by atoms with Crippen LogP contribution in [0.3, 0.4) is 0 Å². The standard InChI is InChI=1S/C17H20O2/c1-14-4-2-5-15(12-14)6-3-11-19-17-9-7-16(13-18)8-10-17/h2,4-5,7-10,12,18H,3,6,11,13H2,1H3. The molecule has 0 atom stereocenters. The molecule has 0 aliphatic rings. The van der Waals surface area contributed by atoms with E-state index in [0.717, 1.165) is 24.2 Å². The highest BCUT2D eigenvalue weighted by Gasteiger charge is 1.97. The van der Waals surface area contributed by atoms with Gasteiger partial charge in [0.15, 0.2) is 0 Å². The largest absolute Gasteiger partial charge is 0.494 e. The third kappa shape index (κ3) is 4.42. The summed E-state index contributed by atoms with van der Waals surface area (Å²) in [6.07, 6.45) is 2.04. The van der Waals surface area contributed by atoms with Crippen LogP contribution in [0, 0.1) is 6.92 Å². The van der Waals surface area contributed by atoms with Crippen LogP contribution in [0.25, 0.3) is 0 Å². The van der Waals surface area contributed by atoms with E-state index in [4.69, 9.17) is 9.84 Å². The number of rotatable bonds is 6. The minimum atomic E-state index is 0.0770. The summed E-state index contributed by atoms with van der Waals surface area (Å²) in [5.74, 6) is 0.862. The van der Waals surface area contributed by atoms with E-state index in [0.29, 0.717) is 6.61 Å². The number of benzene rings is 2. The molecule has 0 unspecified atom stereocenters. The average Bonchev–Trinajstić information content (AvgIpc) is 2.44. The Hall–Kier alpha value is -1.80. The first-order valence-electron chi connectivity index (χ1n) is 6.66. The third-order valence-electron chi connectivity index (χ3n) is 3.07. The average molecular weight is 256 g/mol. The summed E-state index contributed by atoms with van der Waals surface area (Å²) in [4.78, 5) is 0. The van der Waals surface area contributed by atoms with Crippen LogP contribution in [-0.2, 0) is 13.0 Å². The molecule has 0 radical (unpaired) electrons.